The maximum absolute atomic E-state index is 6.89. The molecule has 0 aliphatic rings. The zero-order valence-electron chi connectivity index (χ0n) is 10.8. The minimum Gasteiger partial charge on any atom is 0 e. The largest absolute Gasteiger partial charge is 0 e. The Labute approximate surface area is 107 Å². The monoisotopic (exact) mass is 337 g/mol. The van der Waals surface area contributed by atoms with Crippen LogP contribution in [0, 0.1) is 0 Å². The van der Waals surface area contributed by atoms with Crippen molar-refractivity contribution in [2.75, 3.05) is 0 Å². The smallest absolute Gasteiger partial charge is 0 e. The van der Waals surface area contributed by atoms with Gasteiger partial charge in [-0.1, -0.05) is 0 Å². The first-order valence-corrected chi connectivity index (χ1v) is 16.0. The van der Waals surface area contributed by atoms with Gasteiger partial charge in [0.05, 0.1) is 0 Å². The van der Waals surface area contributed by atoms with Gasteiger partial charge in [-0.25, -0.2) is 0 Å². The summed E-state index contributed by atoms with van der Waals surface area (Å²) in [4.78, 5) is 0. The second-order valence-electron chi connectivity index (χ2n) is 4.46. The van der Waals surface area contributed by atoms with Crippen LogP contribution in [-0.2, 0) is 0 Å². The Balaban J connectivity index is 0. The number of halogens is 1. The van der Waals surface area contributed by atoms with Crippen LogP contribution in [0.3, 0.4) is 0 Å². The van der Waals surface area contributed by atoms with Gasteiger partial charge in [-0.3, -0.25) is 0 Å². The fourth-order valence-corrected chi connectivity index (χ4v) is 15.1. The van der Waals surface area contributed by atoms with Crippen molar-refractivity contribution in [3.63, 3.8) is 0 Å². The van der Waals surface area contributed by atoms with Gasteiger partial charge in [-0.15, -0.1) is 0 Å². The molecule has 3 heteroatoms. The van der Waals surface area contributed by atoms with Crippen LogP contribution in [0.1, 0.15) is 59.3 Å². The van der Waals surface area contributed by atoms with Crippen molar-refractivity contribution >= 4 is 34.6 Å². The molecule has 0 rings (SSSR count). The van der Waals surface area contributed by atoms with E-state index in [9.17, 15) is 0 Å². The van der Waals surface area contributed by atoms with Gasteiger partial charge in [0, 0.05) is 8.41 Å². The minimum absolute atomic E-state index is 0. The summed E-state index contributed by atoms with van der Waals surface area (Å²) < 4.78 is 4.27. The van der Waals surface area contributed by atoms with Crippen LogP contribution in [0.4, 0.5) is 0 Å². The number of rotatable bonds is 9. The van der Waals surface area contributed by atoms with Crippen molar-refractivity contribution < 1.29 is 0 Å². The summed E-state index contributed by atoms with van der Waals surface area (Å²) in [6, 6.07) is 0. The third kappa shape index (κ3) is 10.0. The van der Waals surface area contributed by atoms with E-state index >= 15 is 0 Å². The van der Waals surface area contributed by atoms with E-state index in [2.05, 4.69) is 20.8 Å². The summed E-state index contributed by atoms with van der Waals surface area (Å²) in [5, 5.41) is 0. The van der Waals surface area contributed by atoms with E-state index in [1.807, 2.05) is 0 Å². The van der Waals surface area contributed by atoms with Crippen molar-refractivity contribution in [2.24, 2.45) is 0 Å². The van der Waals surface area contributed by atoms with Gasteiger partial charge in [0.15, 0.2) is 0 Å². The van der Waals surface area contributed by atoms with Gasteiger partial charge in [0.25, 0.3) is 0 Å². The van der Waals surface area contributed by atoms with E-state index < -0.39 is 17.3 Å². The van der Waals surface area contributed by atoms with E-state index in [0.29, 0.717) is 0 Å². The molecule has 0 aromatic heterocycles. The first kappa shape index (κ1) is 18.5. The van der Waals surface area contributed by atoms with Gasteiger partial charge in [-0.05, 0) is 0 Å². The van der Waals surface area contributed by atoms with Crippen molar-refractivity contribution in [3.8, 4) is 0 Å². The van der Waals surface area contributed by atoms with Crippen LogP contribution in [-0.4, -0.2) is 25.7 Å². The van der Waals surface area contributed by atoms with Crippen LogP contribution in [0.25, 0.3) is 0 Å². The van der Waals surface area contributed by atoms with Crippen molar-refractivity contribution in [3.05, 3.63) is 0 Å². The predicted molar refractivity (Wildman–Crippen MR) is 76.5 cm³/mol. The minimum atomic E-state index is -2.09. The maximum Gasteiger partial charge on any atom is 0 e. The molecule has 0 aliphatic heterocycles. The Hall–Kier alpha value is 1.15. The van der Waals surface area contributed by atoms with E-state index in [4.69, 9.17) is 8.92 Å². The van der Waals surface area contributed by atoms with Crippen LogP contribution in [0.15, 0.2) is 0 Å². The molecule has 0 nitrogen and oxygen atoms in total. The Morgan fingerprint density at radius 3 is 1.20 bits per heavy atom. The molecule has 0 bridgehead atoms. The van der Waals surface area contributed by atoms with Crippen LogP contribution in [0.5, 0.6) is 0 Å². The van der Waals surface area contributed by atoms with Gasteiger partial charge in [0.2, 0.25) is 0 Å². The van der Waals surface area contributed by atoms with Gasteiger partial charge < -0.3 is 0 Å². The Bertz CT molecular complexity index is 109. The maximum atomic E-state index is 6.89. The molecule has 0 aromatic carbocycles. The third-order valence-electron chi connectivity index (χ3n) is 2.94. The van der Waals surface area contributed by atoms with Crippen LogP contribution >= 0.6 is 8.92 Å². The van der Waals surface area contributed by atoms with Crippen molar-refractivity contribution in [1.82, 2.24) is 0 Å². The van der Waals surface area contributed by atoms with Gasteiger partial charge in [0.1, 0.15) is 0 Å². The topological polar surface area (TPSA) is 0 Å². The van der Waals surface area contributed by atoms with E-state index in [1.54, 1.807) is 0 Å². The fourth-order valence-electron chi connectivity index (χ4n) is 1.86. The standard InChI is InChI=1S/3C4H9.B.ClH.Sn/c3*1-3-4-2;;;/h3*1,3-4H2,2H3;;1H;/q;;;;;+1/p-1. The first-order chi connectivity index (χ1) is 6.68. The third-order valence-corrected chi connectivity index (χ3v) is 17.4. The van der Waals surface area contributed by atoms with Gasteiger partial charge >= 0.3 is 98.8 Å². The average molecular weight is 336 g/mol. The first-order valence-electron chi connectivity index (χ1n) is 6.37. The summed E-state index contributed by atoms with van der Waals surface area (Å²) in [5.41, 5.74) is 0. The molecule has 0 saturated heterocycles. The Morgan fingerprint density at radius 1 is 0.733 bits per heavy atom. The number of hydrogen-bond donors (Lipinski definition) is 0. The summed E-state index contributed by atoms with van der Waals surface area (Å²) in [7, 11) is 6.89. The number of unbranched alkanes of at least 4 members (excludes halogenated alkanes) is 3. The zero-order valence-corrected chi connectivity index (χ0v) is 14.4. The summed E-state index contributed by atoms with van der Waals surface area (Å²) >= 11 is -2.09. The molecule has 0 aromatic rings. The molecule has 3 radical (unpaired) electrons. The molecule has 15 heavy (non-hydrogen) atoms. The summed E-state index contributed by atoms with van der Waals surface area (Å²) in [5.74, 6) is 0. The Kier molecular flexibility index (Phi) is 14.4. The molecule has 0 saturated carbocycles. The Morgan fingerprint density at radius 2 is 1.00 bits per heavy atom. The second kappa shape index (κ2) is 11.6. The molecular formula is C12H27BClSn. The predicted octanol–water partition coefficient (Wildman–Crippen LogP) is 5.19. The van der Waals surface area contributed by atoms with Crippen molar-refractivity contribution in [1.29, 1.82) is 0 Å². The summed E-state index contributed by atoms with van der Waals surface area (Å²) in [6.07, 6.45) is 8.12. The SMILES string of the molecule is CCC[CH2][Sn]([Cl])([CH2]CCC)[CH2]CCC.[B]. The van der Waals surface area contributed by atoms with E-state index in [1.165, 1.54) is 51.8 Å². The quantitative estimate of drug-likeness (QED) is 0.508. The molecule has 0 unspecified atom stereocenters. The molecule has 0 fully saturated rings. The molecule has 0 amide bonds. The molecule has 0 spiro atoms. The van der Waals surface area contributed by atoms with E-state index in [-0.39, 0.29) is 8.41 Å². The molecular weight excluding hydrogens is 309 g/mol. The fraction of sp³-hybridized carbons (Fsp3) is 1.00. The van der Waals surface area contributed by atoms with Crippen molar-refractivity contribution in [2.45, 2.75) is 72.6 Å². The zero-order chi connectivity index (χ0) is 10.9. The average Bonchev–Trinajstić information content (AvgIpc) is 2.21. The van der Waals surface area contributed by atoms with E-state index in [0.717, 1.165) is 0 Å². The number of hydrogen-bond acceptors (Lipinski definition) is 0. The van der Waals surface area contributed by atoms with Crippen LogP contribution in [0.2, 0.25) is 13.3 Å². The summed E-state index contributed by atoms with van der Waals surface area (Å²) in [6.45, 7) is 6.84. The second-order valence-corrected chi connectivity index (χ2v) is 20.7. The molecule has 0 atom stereocenters. The molecule has 0 aliphatic carbocycles. The molecule has 0 N–H and O–H groups in total. The normalized spacial score (nSPS) is 11.2. The molecule has 0 heterocycles. The van der Waals surface area contributed by atoms with Gasteiger partial charge in [-0.2, -0.15) is 0 Å². The molecule has 89 valence electrons. The van der Waals surface area contributed by atoms with Crippen LogP contribution < -0.4 is 0 Å².